The van der Waals surface area contributed by atoms with E-state index in [1.807, 2.05) is 54.6 Å². The first-order valence-electron chi connectivity index (χ1n) is 9.75. The Morgan fingerprint density at radius 2 is 1.71 bits per heavy atom. The lowest BCUT2D eigenvalue weighted by atomic mass is 9.70. The van der Waals surface area contributed by atoms with Crippen LogP contribution in [0.1, 0.15) is 50.2 Å². The molecule has 1 N–H and O–H groups in total. The molecule has 0 saturated carbocycles. The standard InChI is InChI=1S/C24H25NO3/c1-24(2)13-19-23(20(26)14-24)18(12-22(27)25-19)17-10-6-7-11-21(17)28-15-16-8-4-3-5-9-16/h3-11,18H,12-15H2,1-2H3,(H,25,27)/t18-/m0/s1. The Bertz CT molecular complexity index is 943. The number of carbonyl (C=O) groups excluding carboxylic acids is 2. The number of para-hydroxylation sites is 1. The van der Waals surface area contributed by atoms with Crippen molar-refractivity contribution < 1.29 is 14.3 Å². The van der Waals surface area contributed by atoms with E-state index in [1.165, 1.54) is 0 Å². The average molecular weight is 375 g/mol. The molecule has 1 atom stereocenters. The fraction of sp³-hybridized carbons (Fsp3) is 0.333. The van der Waals surface area contributed by atoms with Gasteiger partial charge >= 0.3 is 0 Å². The third-order valence-electron chi connectivity index (χ3n) is 5.48. The minimum absolute atomic E-state index is 0.0351. The highest BCUT2D eigenvalue weighted by molar-refractivity contribution is 6.02. The first-order chi connectivity index (χ1) is 13.4. The second kappa shape index (κ2) is 7.27. The Kier molecular flexibility index (Phi) is 4.80. The number of carbonyl (C=O) groups is 2. The third kappa shape index (κ3) is 3.72. The molecule has 4 heteroatoms. The zero-order valence-corrected chi connectivity index (χ0v) is 16.3. The molecule has 28 heavy (non-hydrogen) atoms. The molecule has 0 unspecified atom stereocenters. The van der Waals surface area contributed by atoms with Gasteiger partial charge in [0.05, 0.1) is 0 Å². The number of benzene rings is 2. The van der Waals surface area contributed by atoms with Gasteiger partial charge in [-0.05, 0) is 23.5 Å². The van der Waals surface area contributed by atoms with Crippen molar-refractivity contribution in [3.05, 3.63) is 77.0 Å². The quantitative estimate of drug-likeness (QED) is 0.855. The predicted molar refractivity (Wildman–Crippen MR) is 108 cm³/mol. The topological polar surface area (TPSA) is 55.4 Å². The predicted octanol–water partition coefficient (Wildman–Crippen LogP) is 4.51. The maximum atomic E-state index is 13.0. The second-order valence-corrected chi connectivity index (χ2v) is 8.45. The zero-order chi connectivity index (χ0) is 19.7. The minimum atomic E-state index is -0.251. The Labute approximate surface area is 165 Å². The Morgan fingerprint density at radius 3 is 2.50 bits per heavy atom. The highest BCUT2D eigenvalue weighted by atomic mass is 16.5. The van der Waals surface area contributed by atoms with E-state index in [1.54, 1.807) is 0 Å². The third-order valence-corrected chi connectivity index (χ3v) is 5.48. The summed E-state index contributed by atoms with van der Waals surface area (Å²) in [7, 11) is 0. The number of nitrogens with one attached hydrogen (secondary N) is 1. The van der Waals surface area contributed by atoms with Gasteiger partial charge in [-0.25, -0.2) is 0 Å². The van der Waals surface area contributed by atoms with Crippen LogP contribution in [0.25, 0.3) is 0 Å². The van der Waals surface area contributed by atoms with E-state index < -0.39 is 0 Å². The van der Waals surface area contributed by atoms with Crippen molar-refractivity contribution in [1.82, 2.24) is 5.32 Å². The first-order valence-corrected chi connectivity index (χ1v) is 9.75. The van der Waals surface area contributed by atoms with Crippen LogP contribution in [-0.4, -0.2) is 11.7 Å². The molecule has 0 saturated heterocycles. The molecule has 144 valence electrons. The maximum Gasteiger partial charge on any atom is 0.225 e. The summed E-state index contributed by atoms with van der Waals surface area (Å²) >= 11 is 0. The van der Waals surface area contributed by atoms with Crippen LogP contribution in [0.3, 0.4) is 0 Å². The molecule has 0 spiro atoms. The van der Waals surface area contributed by atoms with E-state index in [4.69, 9.17) is 4.74 Å². The molecule has 1 amide bonds. The molecule has 2 aliphatic rings. The number of hydrogen-bond acceptors (Lipinski definition) is 3. The van der Waals surface area contributed by atoms with Crippen molar-refractivity contribution in [2.24, 2.45) is 5.41 Å². The lowest BCUT2D eigenvalue weighted by molar-refractivity contribution is -0.122. The summed E-state index contributed by atoms with van der Waals surface area (Å²) in [5.41, 5.74) is 3.41. The van der Waals surface area contributed by atoms with Crippen molar-refractivity contribution in [3.8, 4) is 5.75 Å². The monoisotopic (exact) mass is 375 g/mol. The molecule has 0 aromatic heterocycles. The lowest BCUT2D eigenvalue weighted by Crippen LogP contribution is -2.40. The van der Waals surface area contributed by atoms with Crippen LogP contribution in [0.5, 0.6) is 5.75 Å². The van der Waals surface area contributed by atoms with E-state index in [2.05, 4.69) is 19.2 Å². The first kappa shape index (κ1) is 18.5. The normalized spacial score (nSPS) is 21.1. The molecule has 0 fully saturated rings. The van der Waals surface area contributed by atoms with Gasteiger partial charge in [0.15, 0.2) is 5.78 Å². The summed E-state index contributed by atoms with van der Waals surface area (Å²) in [5, 5.41) is 2.96. The van der Waals surface area contributed by atoms with E-state index in [0.717, 1.165) is 28.1 Å². The van der Waals surface area contributed by atoms with E-state index in [0.29, 0.717) is 19.4 Å². The Balaban J connectivity index is 1.68. The SMILES string of the molecule is CC1(C)CC(=O)C2=C(C1)NC(=O)C[C@H]2c1ccccc1OCc1ccccc1. The maximum absolute atomic E-state index is 13.0. The van der Waals surface area contributed by atoms with Crippen LogP contribution >= 0.6 is 0 Å². The van der Waals surface area contributed by atoms with Crippen LogP contribution in [-0.2, 0) is 16.2 Å². The number of amides is 1. The molecule has 2 aromatic rings. The molecule has 1 aliphatic carbocycles. The van der Waals surface area contributed by atoms with Crippen molar-refractivity contribution in [3.63, 3.8) is 0 Å². The minimum Gasteiger partial charge on any atom is -0.489 e. The Morgan fingerprint density at radius 1 is 1.00 bits per heavy atom. The van der Waals surface area contributed by atoms with Crippen LogP contribution < -0.4 is 10.1 Å². The van der Waals surface area contributed by atoms with Gasteiger partial charge in [-0.15, -0.1) is 0 Å². The van der Waals surface area contributed by atoms with Crippen molar-refractivity contribution in [2.45, 2.75) is 45.6 Å². The molecule has 1 heterocycles. The van der Waals surface area contributed by atoms with Crippen molar-refractivity contribution in [1.29, 1.82) is 0 Å². The van der Waals surface area contributed by atoms with E-state index >= 15 is 0 Å². The smallest absolute Gasteiger partial charge is 0.225 e. The molecular weight excluding hydrogens is 350 g/mol. The summed E-state index contributed by atoms with van der Waals surface area (Å²) < 4.78 is 6.10. The molecule has 0 radical (unpaired) electrons. The van der Waals surface area contributed by atoms with E-state index in [9.17, 15) is 9.59 Å². The number of hydrogen-bond donors (Lipinski definition) is 1. The van der Waals surface area contributed by atoms with Crippen LogP contribution in [0.15, 0.2) is 65.9 Å². The molecule has 4 nitrogen and oxygen atoms in total. The van der Waals surface area contributed by atoms with Gasteiger partial charge in [0.2, 0.25) is 5.91 Å². The van der Waals surface area contributed by atoms with Crippen LogP contribution in [0.2, 0.25) is 0 Å². The van der Waals surface area contributed by atoms with Gasteiger partial charge in [-0.3, -0.25) is 9.59 Å². The lowest BCUT2D eigenvalue weighted by Gasteiger charge is -2.38. The van der Waals surface area contributed by atoms with Gasteiger partial charge in [-0.1, -0.05) is 62.4 Å². The summed E-state index contributed by atoms with van der Waals surface area (Å²) in [6, 6.07) is 17.7. The van der Waals surface area contributed by atoms with Gasteiger partial charge < -0.3 is 10.1 Å². The molecule has 4 rings (SSSR count). The fourth-order valence-electron chi connectivity index (χ4n) is 4.26. The summed E-state index contributed by atoms with van der Waals surface area (Å²) in [6.07, 6.45) is 1.49. The average Bonchev–Trinajstić information content (AvgIpc) is 2.65. The zero-order valence-electron chi connectivity index (χ0n) is 16.3. The van der Waals surface area contributed by atoms with Gasteiger partial charge in [-0.2, -0.15) is 0 Å². The number of ketones is 1. The Hall–Kier alpha value is -2.88. The van der Waals surface area contributed by atoms with Gasteiger partial charge in [0, 0.05) is 35.6 Å². The number of Topliss-reactive ketones (excluding diaryl/α,β-unsaturated/α-hetero) is 1. The summed E-state index contributed by atoms with van der Waals surface area (Å²) in [4.78, 5) is 25.4. The number of ether oxygens (including phenoxy) is 1. The molecule has 2 aromatic carbocycles. The van der Waals surface area contributed by atoms with Crippen molar-refractivity contribution in [2.75, 3.05) is 0 Å². The number of rotatable bonds is 4. The number of allylic oxidation sites excluding steroid dienone is 2. The molecule has 1 aliphatic heterocycles. The molecular formula is C24H25NO3. The van der Waals surface area contributed by atoms with Gasteiger partial charge in [0.25, 0.3) is 0 Å². The largest absolute Gasteiger partial charge is 0.489 e. The highest BCUT2D eigenvalue weighted by Crippen LogP contribution is 2.45. The van der Waals surface area contributed by atoms with Crippen LogP contribution in [0.4, 0.5) is 0 Å². The van der Waals surface area contributed by atoms with Gasteiger partial charge in [0.1, 0.15) is 12.4 Å². The van der Waals surface area contributed by atoms with E-state index in [-0.39, 0.29) is 29.4 Å². The summed E-state index contributed by atoms with van der Waals surface area (Å²) in [6.45, 7) is 4.59. The molecule has 0 bridgehead atoms. The van der Waals surface area contributed by atoms with Crippen molar-refractivity contribution >= 4 is 11.7 Å². The van der Waals surface area contributed by atoms with Crippen LogP contribution in [0, 0.1) is 5.41 Å². The fourth-order valence-corrected chi connectivity index (χ4v) is 4.26. The second-order valence-electron chi connectivity index (χ2n) is 8.45. The summed E-state index contributed by atoms with van der Waals surface area (Å²) in [5.74, 6) is 0.580. The highest BCUT2D eigenvalue weighted by Gasteiger charge is 2.41.